The summed E-state index contributed by atoms with van der Waals surface area (Å²) in [5, 5.41) is 4.51. The molecule has 144 valence electrons. The van der Waals surface area contributed by atoms with E-state index in [1.807, 2.05) is 36.4 Å². The number of halogens is 2. The fourth-order valence-corrected chi connectivity index (χ4v) is 3.59. The molecule has 1 aliphatic heterocycles. The van der Waals surface area contributed by atoms with Gasteiger partial charge < -0.3 is 10.2 Å². The molecule has 3 rings (SSSR count). The molecule has 0 bridgehead atoms. The normalized spacial score (nSPS) is 16.9. The highest BCUT2D eigenvalue weighted by Gasteiger charge is 2.24. The van der Waals surface area contributed by atoms with Crippen LogP contribution in [-0.2, 0) is 11.2 Å². The summed E-state index contributed by atoms with van der Waals surface area (Å²) in [6.45, 7) is 4.61. The molecule has 1 fully saturated rings. The number of likely N-dealkylation sites (N-methyl/N-ethyl adjacent to an activating group) is 1. The molecule has 0 spiro atoms. The van der Waals surface area contributed by atoms with E-state index in [4.69, 9.17) is 23.2 Å². The van der Waals surface area contributed by atoms with E-state index in [-0.39, 0.29) is 11.9 Å². The van der Waals surface area contributed by atoms with Crippen LogP contribution in [-0.4, -0.2) is 55.5 Å². The maximum Gasteiger partial charge on any atom is 0.224 e. The second kappa shape index (κ2) is 9.56. The molecule has 1 heterocycles. The van der Waals surface area contributed by atoms with Gasteiger partial charge in [-0.15, -0.1) is 0 Å². The van der Waals surface area contributed by atoms with Crippen molar-refractivity contribution in [2.24, 2.45) is 0 Å². The molecule has 6 heteroatoms. The lowest BCUT2D eigenvalue weighted by Crippen LogP contribution is -2.48. The minimum atomic E-state index is 0.0189. The van der Waals surface area contributed by atoms with Crippen LogP contribution in [0.1, 0.15) is 17.2 Å². The van der Waals surface area contributed by atoms with Crippen molar-refractivity contribution in [3.05, 3.63) is 69.7 Å². The first-order chi connectivity index (χ1) is 13.0. The predicted molar refractivity (Wildman–Crippen MR) is 111 cm³/mol. The first kappa shape index (κ1) is 20.2. The van der Waals surface area contributed by atoms with Crippen LogP contribution in [0.25, 0.3) is 0 Å². The Hall–Kier alpha value is -1.59. The molecule has 0 radical (unpaired) electrons. The predicted octanol–water partition coefficient (Wildman–Crippen LogP) is 3.64. The molecule has 1 amide bonds. The van der Waals surface area contributed by atoms with Crippen molar-refractivity contribution in [1.82, 2.24) is 15.1 Å². The third-order valence-corrected chi connectivity index (χ3v) is 5.51. The number of amides is 1. The summed E-state index contributed by atoms with van der Waals surface area (Å²) < 4.78 is 0. The quantitative estimate of drug-likeness (QED) is 0.796. The molecule has 2 aromatic rings. The van der Waals surface area contributed by atoms with Crippen molar-refractivity contribution < 1.29 is 4.79 Å². The Morgan fingerprint density at radius 3 is 2.11 bits per heavy atom. The second-order valence-corrected chi connectivity index (χ2v) is 7.89. The molecular formula is C21H25Cl2N3O. The van der Waals surface area contributed by atoms with Gasteiger partial charge in [0.1, 0.15) is 0 Å². The van der Waals surface area contributed by atoms with E-state index in [9.17, 15) is 4.79 Å². The molecule has 27 heavy (non-hydrogen) atoms. The van der Waals surface area contributed by atoms with Crippen molar-refractivity contribution in [2.45, 2.75) is 12.5 Å². The summed E-state index contributed by atoms with van der Waals surface area (Å²) in [5.74, 6) is 0.0189. The van der Waals surface area contributed by atoms with Crippen molar-refractivity contribution in [3.63, 3.8) is 0 Å². The minimum Gasteiger partial charge on any atom is -0.354 e. The standard InChI is InChI=1S/C21H25Cl2N3O/c1-25-10-12-26(13-11-25)20(17-4-8-19(23)9-5-17)15-24-21(27)14-16-2-6-18(22)7-3-16/h2-9,20H,10-15H2,1H3,(H,24,27). The summed E-state index contributed by atoms with van der Waals surface area (Å²) >= 11 is 12.0. The zero-order chi connectivity index (χ0) is 19.2. The third-order valence-electron chi connectivity index (χ3n) is 5.00. The molecule has 1 saturated heterocycles. The molecule has 1 unspecified atom stereocenters. The van der Waals surface area contributed by atoms with Crippen molar-refractivity contribution in [2.75, 3.05) is 39.8 Å². The van der Waals surface area contributed by atoms with E-state index >= 15 is 0 Å². The molecule has 1 N–H and O–H groups in total. The van der Waals surface area contributed by atoms with Crippen molar-refractivity contribution in [3.8, 4) is 0 Å². The third kappa shape index (κ3) is 5.94. The smallest absolute Gasteiger partial charge is 0.224 e. The van der Waals surface area contributed by atoms with E-state index < -0.39 is 0 Å². The first-order valence-electron chi connectivity index (χ1n) is 9.20. The van der Waals surface area contributed by atoms with Crippen LogP contribution in [0, 0.1) is 0 Å². The topological polar surface area (TPSA) is 35.6 Å². The minimum absolute atomic E-state index is 0.0189. The Bertz CT molecular complexity index is 741. The van der Waals surface area contributed by atoms with Gasteiger partial charge in [0.2, 0.25) is 5.91 Å². The van der Waals surface area contributed by atoms with Gasteiger partial charge in [0.15, 0.2) is 0 Å². The van der Waals surface area contributed by atoms with Crippen LogP contribution in [0.4, 0.5) is 0 Å². The molecule has 0 aliphatic carbocycles. The number of hydrogen-bond donors (Lipinski definition) is 1. The van der Waals surface area contributed by atoms with Gasteiger partial charge >= 0.3 is 0 Å². The van der Waals surface area contributed by atoms with Gasteiger partial charge in [-0.3, -0.25) is 9.69 Å². The average molecular weight is 406 g/mol. The molecular weight excluding hydrogens is 381 g/mol. The van der Waals surface area contributed by atoms with Gasteiger partial charge in [0.05, 0.1) is 12.5 Å². The number of rotatable bonds is 6. The van der Waals surface area contributed by atoms with Gasteiger partial charge in [-0.2, -0.15) is 0 Å². The summed E-state index contributed by atoms with van der Waals surface area (Å²) in [7, 11) is 2.14. The fraction of sp³-hybridized carbons (Fsp3) is 0.381. The number of carbonyl (C=O) groups excluding carboxylic acids is 1. The zero-order valence-corrected chi connectivity index (χ0v) is 17.0. The SMILES string of the molecule is CN1CCN(C(CNC(=O)Cc2ccc(Cl)cc2)c2ccc(Cl)cc2)CC1. The lowest BCUT2D eigenvalue weighted by Gasteiger charge is -2.38. The lowest BCUT2D eigenvalue weighted by molar-refractivity contribution is -0.120. The summed E-state index contributed by atoms with van der Waals surface area (Å²) in [4.78, 5) is 17.2. The molecule has 1 atom stereocenters. The first-order valence-corrected chi connectivity index (χ1v) is 9.96. The number of benzene rings is 2. The summed E-state index contributed by atoms with van der Waals surface area (Å²) in [5.41, 5.74) is 2.13. The van der Waals surface area contributed by atoms with Crippen LogP contribution in [0.5, 0.6) is 0 Å². The van der Waals surface area contributed by atoms with Crippen LogP contribution in [0.3, 0.4) is 0 Å². The van der Waals surface area contributed by atoms with Crippen molar-refractivity contribution >= 4 is 29.1 Å². The maximum atomic E-state index is 12.4. The van der Waals surface area contributed by atoms with Gasteiger partial charge in [-0.1, -0.05) is 47.5 Å². The largest absolute Gasteiger partial charge is 0.354 e. The number of hydrogen-bond acceptors (Lipinski definition) is 3. The number of carbonyl (C=O) groups is 1. The highest BCUT2D eigenvalue weighted by Crippen LogP contribution is 2.23. The van der Waals surface area contributed by atoms with Crippen LogP contribution in [0.15, 0.2) is 48.5 Å². The monoisotopic (exact) mass is 405 g/mol. The Kier molecular flexibility index (Phi) is 7.13. The van der Waals surface area contributed by atoms with E-state index in [1.165, 1.54) is 5.56 Å². The number of nitrogens with zero attached hydrogens (tertiary/aromatic N) is 2. The Balaban J connectivity index is 1.64. The van der Waals surface area contributed by atoms with Crippen molar-refractivity contribution in [1.29, 1.82) is 0 Å². The molecule has 1 aliphatic rings. The van der Waals surface area contributed by atoms with E-state index in [1.54, 1.807) is 0 Å². The highest BCUT2D eigenvalue weighted by molar-refractivity contribution is 6.30. The van der Waals surface area contributed by atoms with E-state index in [0.717, 1.165) is 36.8 Å². The second-order valence-electron chi connectivity index (χ2n) is 7.01. The Morgan fingerprint density at radius 1 is 0.963 bits per heavy atom. The lowest BCUT2D eigenvalue weighted by atomic mass is 10.0. The zero-order valence-electron chi connectivity index (χ0n) is 15.5. The van der Waals surface area contributed by atoms with Gasteiger partial charge in [-0.25, -0.2) is 0 Å². The van der Waals surface area contributed by atoms with Crippen LogP contribution >= 0.6 is 23.2 Å². The summed E-state index contributed by atoms with van der Waals surface area (Å²) in [6, 6.07) is 15.5. The van der Waals surface area contributed by atoms with Crippen LogP contribution in [0.2, 0.25) is 10.0 Å². The summed E-state index contributed by atoms with van der Waals surface area (Å²) in [6.07, 6.45) is 0.354. The van der Waals surface area contributed by atoms with Gasteiger partial charge in [0.25, 0.3) is 0 Å². The fourth-order valence-electron chi connectivity index (χ4n) is 3.34. The Morgan fingerprint density at radius 2 is 1.52 bits per heavy atom. The average Bonchev–Trinajstić information content (AvgIpc) is 2.66. The number of nitrogens with one attached hydrogen (secondary N) is 1. The Labute approximate surface area is 171 Å². The molecule has 4 nitrogen and oxygen atoms in total. The maximum absolute atomic E-state index is 12.4. The molecule has 2 aromatic carbocycles. The number of piperazine rings is 1. The van der Waals surface area contributed by atoms with E-state index in [0.29, 0.717) is 18.0 Å². The molecule has 0 aromatic heterocycles. The van der Waals surface area contributed by atoms with Gasteiger partial charge in [0, 0.05) is 42.8 Å². The van der Waals surface area contributed by atoms with Gasteiger partial charge in [-0.05, 0) is 42.4 Å². The highest BCUT2D eigenvalue weighted by atomic mass is 35.5. The van der Waals surface area contributed by atoms with E-state index in [2.05, 4.69) is 34.3 Å². The molecule has 0 saturated carbocycles. The van der Waals surface area contributed by atoms with Crippen LogP contribution < -0.4 is 5.32 Å².